The number of sulfone groups is 1. The van der Waals surface area contributed by atoms with Gasteiger partial charge < -0.3 is 24.2 Å². The molecule has 220 valence electrons. The van der Waals surface area contributed by atoms with E-state index in [1.165, 1.54) is 13.3 Å². The van der Waals surface area contributed by atoms with Gasteiger partial charge in [0.25, 0.3) is 0 Å². The lowest BCUT2D eigenvalue weighted by atomic mass is 9.99. The van der Waals surface area contributed by atoms with Crippen LogP contribution in [0.4, 0.5) is 4.79 Å². The SMILES string of the molecule is CN(CCOc1ccc(Oc2c(-c3ccc(S(C)(=O)=O)cc3)ccc3cc(OCc4ccccc4)ccc23)cc1)C(=O)O. The topological polar surface area (TPSA) is 102 Å². The number of hydrogen-bond acceptors (Lipinski definition) is 6. The molecule has 0 saturated carbocycles. The van der Waals surface area contributed by atoms with Crippen molar-refractivity contribution in [2.45, 2.75) is 11.5 Å². The molecule has 0 aliphatic heterocycles. The van der Waals surface area contributed by atoms with Crippen molar-refractivity contribution in [3.05, 3.63) is 115 Å². The number of nitrogens with zero attached hydrogens (tertiary/aromatic N) is 1. The Kier molecular flexibility index (Phi) is 8.82. The summed E-state index contributed by atoms with van der Waals surface area (Å²) in [6.07, 6.45) is 0.168. The van der Waals surface area contributed by atoms with Crippen LogP contribution in [0.25, 0.3) is 21.9 Å². The maximum absolute atomic E-state index is 12.0. The summed E-state index contributed by atoms with van der Waals surface area (Å²) in [5.41, 5.74) is 2.67. The number of carboxylic acid groups (broad SMARTS) is 1. The van der Waals surface area contributed by atoms with Gasteiger partial charge in [-0.2, -0.15) is 0 Å². The number of ether oxygens (including phenoxy) is 3. The summed E-state index contributed by atoms with van der Waals surface area (Å²) in [6.45, 7) is 0.901. The van der Waals surface area contributed by atoms with Crippen LogP contribution in [0.2, 0.25) is 0 Å². The fraction of sp³-hybridized carbons (Fsp3) is 0.147. The van der Waals surface area contributed by atoms with Crippen LogP contribution < -0.4 is 14.2 Å². The van der Waals surface area contributed by atoms with Crippen LogP contribution in [0.5, 0.6) is 23.0 Å². The average molecular weight is 598 g/mol. The number of benzene rings is 5. The van der Waals surface area contributed by atoms with Gasteiger partial charge in [0.2, 0.25) is 0 Å². The van der Waals surface area contributed by atoms with Crippen LogP contribution in [0.1, 0.15) is 5.56 Å². The lowest BCUT2D eigenvalue weighted by molar-refractivity contribution is 0.147. The van der Waals surface area contributed by atoms with Gasteiger partial charge in [0, 0.05) is 24.3 Å². The third kappa shape index (κ3) is 7.44. The minimum Gasteiger partial charge on any atom is -0.492 e. The second-order valence-electron chi connectivity index (χ2n) is 10.0. The zero-order chi connectivity index (χ0) is 30.4. The number of likely N-dealkylation sites (N-methyl/N-ethyl adjacent to an activating group) is 1. The zero-order valence-electron chi connectivity index (χ0n) is 23.8. The highest BCUT2D eigenvalue weighted by Crippen LogP contribution is 2.41. The van der Waals surface area contributed by atoms with Gasteiger partial charge in [-0.3, -0.25) is 0 Å². The first-order valence-electron chi connectivity index (χ1n) is 13.6. The Morgan fingerprint density at radius 3 is 2.14 bits per heavy atom. The summed E-state index contributed by atoms with van der Waals surface area (Å²) in [5, 5.41) is 10.8. The molecule has 0 radical (unpaired) electrons. The quantitative estimate of drug-likeness (QED) is 0.171. The van der Waals surface area contributed by atoms with E-state index in [0.29, 0.717) is 23.9 Å². The number of carbonyl (C=O) groups is 1. The van der Waals surface area contributed by atoms with Crippen molar-refractivity contribution < 1.29 is 32.5 Å². The molecule has 0 atom stereocenters. The van der Waals surface area contributed by atoms with Crippen molar-refractivity contribution in [2.24, 2.45) is 0 Å². The molecule has 5 aromatic rings. The van der Waals surface area contributed by atoms with E-state index >= 15 is 0 Å². The predicted octanol–water partition coefficient (Wildman–Crippen LogP) is 7.27. The number of hydrogen-bond donors (Lipinski definition) is 1. The minimum atomic E-state index is -3.33. The van der Waals surface area contributed by atoms with Crippen molar-refractivity contribution in [2.75, 3.05) is 26.5 Å². The fourth-order valence-corrected chi connectivity index (χ4v) is 5.08. The third-order valence-corrected chi connectivity index (χ3v) is 7.98. The first-order valence-corrected chi connectivity index (χ1v) is 15.5. The minimum absolute atomic E-state index is 0.217. The average Bonchev–Trinajstić information content (AvgIpc) is 3.01. The first-order chi connectivity index (χ1) is 20.7. The fourth-order valence-electron chi connectivity index (χ4n) is 4.45. The molecule has 0 fully saturated rings. The molecule has 0 unspecified atom stereocenters. The number of rotatable bonds is 11. The second-order valence-corrected chi connectivity index (χ2v) is 12.0. The largest absolute Gasteiger partial charge is 0.492 e. The van der Waals surface area contributed by atoms with E-state index in [9.17, 15) is 13.2 Å². The lowest BCUT2D eigenvalue weighted by Crippen LogP contribution is -2.29. The van der Waals surface area contributed by atoms with E-state index in [4.69, 9.17) is 19.3 Å². The molecule has 0 spiro atoms. The first kappa shape index (κ1) is 29.5. The van der Waals surface area contributed by atoms with Gasteiger partial charge in [0.15, 0.2) is 9.84 Å². The van der Waals surface area contributed by atoms with E-state index < -0.39 is 15.9 Å². The van der Waals surface area contributed by atoms with E-state index in [2.05, 4.69) is 0 Å². The molecule has 1 amide bonds. The van der Waals surface area contributed by atoms with Crippen LogP contribution in [-0.2, 0) is 16.4 Å². The lowest BCUT2D eigenvalue weighted by Gasteiger charge is -2.17. The molecule has 0 heterocycles. The summed E-state index contributed by atoms with van der Waals surface area (Å²) in [6, 6.07) is 33.5. The van der Waals surface area contributed by atoms with Gasteiger partial charge in [0.05, 0.1) is 11.4 Å². The summed E-state index contributed by atoms with van der Waals surface area (Å²) in [5.74, 6) is 2.49. The molecule has 0 aliphatic carbocycles. The molecule has 43 heavy (non-hydrogen) atoms. The van der Waals surface area contributed by atoms with E-state index in [-0.39, 0.29) is 18.0 Å². The molecule has 0 saturated heterocycles. The molecule has 9 heteroatoms. The van der Waals surface area contributed by atoms with E-state index in [0.717, 1.165) is 38.1 Å². The molecule has 5 aromatic carbocycles. The molecule has 1 N–H and O–H groups in total. The van der Waals surface area contributed by atoms with Crippen molar-refractivity contribution in [3.8, 4) is 34.1 Å². The monoisotopic (exact) mass is 597 g/mol. The van der Waals surface area contributed by atoms with Crippen LogP contribution in [-0.4, -0.2) is 51.0 Å². The van der Waals surface area contributed by atoms with Gasteiger partial charge in [-0.25, -0.2) is 13.2 Å². The summed E-state index contributed by atoms with van der Waals surface area (Å²) in [7, 11) is -1.85. The van der Waals surface area contributed by atoms with Gasteiger partial charge in [0.1, 0.15) is 36.2 Å². The van der Waals surface area contributed by atoms with Gasteiger partial charge in [-0.1, -0.05) is 48.5 Å². The standard InChI is InChI=1S/C34H31NO7S/c1-35(34(36)37)20-21-40-27-11-13-28(14-12-27)42-33-31(25-8-16-30(17-9-25)43(2,38)39)18-10-26-22-29(15-19-32(26)33)41-23-24-6-4-3-5-7-24/h3-19,22H,20-21,23H2,1-2H3,(H,36,37). The molecule has 0 aromatic heterocycles. The predicted molar refractivity (Wildman–Crippen MR) is 166 cm³/mol. The smallest absolute Gasteiger partial charge is 0.407 e. The summed E-state index contributed by atoms with van der Waals surface area (Å²) >= 11 is 0. The molecular formula is C34H31NO7S. The summed E-state index contributed by atoms with van der Waals surface area (Å²) in [4.78, 5) is 12.4. The van der Waals surface area contributed by atoms with Crippen molar-refractivity contribution in [1.82, 2.24) is 4.90 Å². The third-order valence-electron chi connectivity index (χ3n) is 6.85. The maximum Gasteiger partial charge on any atom is 0.407 e. The van der Waals surface area contributed by atoms with Gasteiger partial charge in [-0.05, 0) is 77.2 Å². The molecule has 8 nitrogen and oxygen atoms in total. The van der Waals surface area contributed by atoms with Gasteiger partial charge in [-0.15, -0.1) is 0 Å². The highest BCUT2D eigenvalue weighted by molar-refractivity contribution is 7.90. The molecular weight excluding hydrogens is 566 g/mol. The molecule has 0 bridgehead atoms. The Bertz CT molecular complexity index is 1820. The van der Waals surface area contributed by atoms with Crippen molar-refractivity contribution in [3.63, 3.8) is 0 Å². The van der Waals surface area contributed by atoms with Crippen LogP contribution in [0, 0.1) is 0 Å². The highest BCUT2D eigenvalue weighted by Gasteiger charge is 2.15. The molecule has 0 aliphatic rings. The second kappa shape index (κ2) is 12.9. The Labute approximate surface area is 250 Å². The Morgan fingerprint density at radius 1 is 0.791 bits per heavy atom. The maximum atomic E-state index is 12.0. The van der Waals surface area contributed by atoms with Crippen LogP contribution in [0.3, 0.4) is 0 Å². The Balaban J connectivity index is 1.44. The Hall–Kier alpha value is -5.02. The van der Waals surface area contributed by atoms with E-state index in [1.54, 1.807) is 48.5 Å². The van der Waals surface area contributed by atoms with Crippen LogP contribution in [0.15, 0.2) is 114 Å². The normalized spacial score (nSPS) is 11.2. The zero-order valence-corrected chi connectivity index (χ0v) is 24.6. The van der Waals surface area contributed by atoms with Crippen molar-refractivity contribution in [1.29, 1.82) is 0 Å². The van der Waals surface area contributed by atoms with Gasteiger partial charge >= 0.3 is 6.09 Å². The highest BCUT2D eigenvalue weighted by atomic mass is 32.2. The Morgan fingerprint density at radius 2 is 1.47 bits per heavy atom. The number of amides is 1. The molecule has 5 rings (SSSR count). The number of fused-ring (bicyclic) bond motifs is 1. The van der Waals surface area contributed by atoms with Crippen LogP contribution >= 0.6 is 0 Å². The summed E-state index contributed by atoms with van der Waals surface area (Å²) < 4.78 is 42.2. The van der Waals surface area contributed by atoms with E-state index in [1.807, 2.05) is 60.7 Å². The van der Waals surface area contributed by atoms with Crippen molar-refractivity contribution >= 4 is 26.7 Å².